The summed E-state index contributed by atoms with van der Waals surface area (Å²) in [6.07, 6.45) is 12.4. The molecule has 4 heterocycles. The number of esters is 2. The largest absolute Gasteiger partial charge is 0.493 e. The van der Waals surface area contributed by atoms with E-state index in [0.29, 0.717) is 183 Å². The van der Waals surface area contributed by atoms with Crippen LogP contribution in [0.5, 0.6) is 23.0 Å². The first kappa shape index (κ1) is 105. The van der Waals surface area contributed by atoms with Gasteiger partial charge in [-0.05, 0) is 143 Å². The number of morpholine rings is 4. The van der Waals surface area contributed by atoms with Crippen LogP contribution in [0.2, 0.25) is 20.1 Å². The van der Waals surface area contributed by atoms with Crippen LogP contribution in [0.4, 0.5) is 22.7 Å². The van der Waals surface area contributed by atoms with Crippen molar-refractivity contribution in [1.29, 1.82) is 0 Å². The molecular formula is C84H130Cl4N12O21. The predicted octanol–water partition coefficient (Wildman–Crippen LogP) is 10.5. The van der Waals surface area contributed by atoms with Gasteiger partial charge < -0.3 is 107 Å². The van der Waals surface area contributed by atoms with E-state index in [1.165, 1.54) is 30.3 Å². The van der Waals surface area contributed by atoms with Gasteiger partial charge in [-0.1, -0.05) is 72.1 Å². The van der Waals surface area contributed by atoms with E-state index >= 15 is 0 Å². The minimum absolute atomic E-state index is 0.0195. The number of carbonyl (C=O) groups is 8. The van der Waals surface area contributed by atoms with Gasteiger partial charge in [0.15, 0.2) is 0 Å². The van der Waals surface area contributed by atoms with Crippen LogP contribution in [0, 0.1) is 0 Å². The van der Waals surface area contributed by atoms with Crippen LogP contribution < -0.4 is 63.6 Å². The van der Waals surface area contributed by atoms with Gasteiger partial charge in [-0.15, -0.1) is 0 Å². The van der Waals surface area contributed by atoms with Crippen molar-refractivity contribution in [3.63, 3.8) is 0 Å². The van der Waals surface area contributed by atoms with Gasteiger partial charge in [0.05, 0.1) is 150 Å². The zero-order valence-electron chi connectivity index (χ0n) is 71.0. The van der Waals surface area contributed by atoms with Crippen LogP contribution in [0.25, 0.3) is 0 Å². The summed E-state index contributed by atoms with van der Waals surface area (Å²) in [5, 5.41) is 36.0. The number of amides is 3. The molecule has 121 heavy (non-hydrogen) atoms. The monoisotopic (exact) mass is 1780 g/mol. The van der Waals surface area contributed by atoms with Gasteiger partial charge in [0, 0.05) is 128 Å². The average molecular weight is 1790 g/mol. The number of nitrogen functional groups attached to an aromatic ring is 4. The summed E-state index contributed by atoms with van der Waals surface area (Å²) in [6, 6.07) is 11.9. The summed E-state index contributed by atoms with van der Waals surface area (Å²) >= 11 is 23.9. The lowest BCUT2D eigenvalue weighted by molar-refractivity contribution is -0.144. The van der Waals surface area contributed by atoms with Crippen LogP contribution in [-0.2, 0) is 47.6 Å². The SMILES string of the molecule is CCOC(=O)CCCCCN1CCO[C@H](CN)C1.CCOC(=O)CCCCCN1CCO[C@H](CNC(=O)c2cc(Cl)c(N)cc2OCC)C1.CCOc1cc(N)c(Cl)cc1C(=O)NC[C@@H]1CN(CCCCCC(=O)O)CCO1.CCOc1cc(N)c(Cl)cc1C(=O)NC[C@@H]1CN(CCCCCC(=O)O)CCO1.CCOc1cc(N)c(Cl)cc1C(=O)O. The molecule has 4 aliphatic rings. The number of unbranched alkanes of at least 4 members (excludes halogenated alkanes) is 8. The van der Waals surface area contributed by atoms with E-state index in [1.807, 2.05) is 34.6 Å². The van der Waals surface area contributed by atoms with Gasteiger partial charge in [0.25, 0.3) is 17.7 Å². The molecule has 0 saturated carbocycles. The van der Waals surface area contributed by atoms with Crippen molar-refractivity contribution in [2.45, 2.75) is 169 Å². The lowest BCUT2D eigenvalue weighted by atomic mass is 10.1. The van der Waals surface area contributed by atoms with E-state index in [1.54, 1.807) is 25.1 Å². The smallest absolute Gasteiger partial charge is 0.339 e. The van der Waals surface area contributed by atoms with Gasteiger partial charge in [-0.25, -0.2) is 4.79 Å². The number of carbonyl (C=O) groups excluding carboxylic acids is 5. The first-order chi connectivity index (χ1) is 58.1. The first-order valence-corrected chi connectivity index (χ1v) is 43.3. The number of hydrogen-bond donors (Lipinski definition) is 11. The third kappa shape index (κ3) is 42.2. The second kappa shape index (κ2) is 60.4. The van der Waals surface area contributed by atoms with Crippen molar-refractivity contribution in [1.82, 2.24) is 35.6 Å². The highest BCUT2D eigenvalue weighted by Gasteiger charge is 2.28. The van der Waals surface area contributed by atoms with Gasteiger partial charge in [-0.3, -0.25) is 53.2 Å². The zero-order valence-corrected chi connectivity index (χ0v) is 74.0. The first-order valence-electron chi connectivity index (χ1n) is 41.8. The normalized spacial score (nSPS) is 16.7. The maximum atomic E-state index is 12.7. The summed E-state index contributed by atoms with van der Waals surface area (Å²) in [4.78, 5) is 102. The number of nitrogens with one attached hydrogen (secondary N) is 3. The molecule has 0 bridgehead atoms. The number of nitrogens with two attached hydrogens (primary N) is 5. The average Bonchev–Trinajstić information content (AvgIpc) is 0.844. The summed E-state index contributed by atoms with van der Waals surface area (Å²) < 4.78 is 54.3. The standard InChI is InChI=1S/C22H34ClN3O5.2C20H30ClN3O5.C13H26N2O3.C9H10ClNO3/c1-3-29-20-13-19(24)18(23)12-17(20)22(28)25-14-16-15-26(10-11-31-16)9-7-5-6-8-21(27)30-4-2;2*1-2-28-18-11-17(22)16(21)10-15(18)20(27)23-12-14-13-24(8-9-29-14)7-5-3-4-6-19(25)26;1-2-17-13(16)6-4-3-5-7-15-8-9-18-12(10-14)11-15;1-2-14-8-4-7(11)6(10)3-5(8)9(12)13/h12-13,16H,3-11,14-15,24H2,1-2H3,(H,25,28);2*10-11,14H,2-9,12-13,22H2,1H3,(H,23,27)(H,25,26);12H,2-11,14H2,1H3;3-4H,2,11H2,1H3,(H,12,13)/t16-;2*14-;12-;/m1111./s1. The molecule has 4 saturated heterocycles. The molecule has 33 nitrogen and oxygen atoms in total. The number of benzene rings is 4. The van der Waals surface area contributed by atoms with Crippen LogP contribution >= 0.6 is 46.4 Å². The number of aliphatic carboxylic acids is 2. The maximum absolute atomic E-state index is 12.7. The fraction of sp³-hybridized carbons (Fsp3) is 0.619. The molecule has 3 amide bonds. The van der Waals surface area contributed by atoms with Crippen molar-refractivity contribution in [3.05, 3.63) is 90.9 Å². The van der Waals surface area contributed by atoms with Gasteiger partial charge in [0.1, 0.15) is 28.6 Å². The van der Waals surface area contributed by atoms with Crippen molar-refractivity contribution in [3.8, 4) is 23.0 Å². The van der Waals surface area contributed by atoms with E-state index in [-0.39, 0.29) is 83.3 Å². The highest BCUT2D eigenvalue weighted by molar-refractivity contribution is 6.35. The Morgan fingerprint density at radius 3 is 0.884 bits per heavy atom. The Labute approximate surface area is 731 Å². The lowest BCUT2D eigenvalue weighted by Gasteiger charge is -2.33. The number of halogens is 4. The van der Waals surface area contributed by atoms with Crippen molar-refractivity contribution in [2.24, 2.45) is 5.73 Å². The molecule has 0 radical (unpaired) electrons. The molecule has 0 spiro atoms. The predicted molar refractivity (Wildman–Crippen MR) is 468 cm³/mol. The zero-order chi connectivity index (χ0) is 89.0. The van der Waals surface area contributed by atoms with E-state index in [9.17, 15) is 38.4 Å². The molecule has 4 aromatic rings. The van der Waals surface area contributed by atoms with Gasteiger partial charge in [-0.2, -0.15) is 0 Å². The quantitative estimate of drug-likeness (QED) is 0.0111. The summed E-state index contributed by atoms with van der Waals surface area (Å²) in [5.41, 5.74) is 31.0. The molecule has 0 unspecified atom stereocenters. The lowest BCUT2D eigenvalue weighted by Crippen LogP contribution is -2.47. The fourth-order valence-electron chi connectivity index (χ4n) is 13.0. The van der Waals surface area contributed by atoms with Crippen molar-refractivity contribution < 1.29 is 101 Å². The van der Waals surface area contributed by atoms with E-state index in [0.717, 1.165) is 149 Å². The molecule has 4 aliphatic heterocycles. The molecule has 8 rings (SSSR count). The highest BCUT2D eigenvalue weighted by atomic mass is 35.5. The second-order valence-corrected chi connectivity index (χ2v) is 30.3. The molecule has 4 aromatic carbocycles. The number of hydrogen-bond acceptors (Lipinski definition) is 27. The van der Waals surface area contributed by atoms with Crippen LogP contribution in [0.1, 0.15) is 186 Å². The number of rotatable bonds is 45. The molecule has 0 aromatic heterocycles. The Balaban J connectivity index is 0.000000326. The highest BCUT2D eigenvalue weighted by Crippen LogP contribution is 2.33. The third-order valence-corrected chi connectivity index (χ3v) is 20.5. The van der Waals surface area contributed by atoms with E-state index < -0.39 is 17.9 Å². The van der Waals surface area contributed by atoms with Crippen LogP contribution in [0.15, 0.2) is 48.5 Å². The van der Waals surface area contributed by atoms with Crippen molar-refractivity contribution >= 4 is 117 Å². The topological polar surface area (TPSA) is 469 Å². The minimum atomic E-state index is -1.09. The third-order valence-electron chi connectivity index (χ3n) is 19.2. The number of carboxylic acids is 3. The van der Waals surface area contributed by atoms with Crippen LogP contribution in [-0.4, -0.2) is 278 Å². The summed E-state index contributed by atoms with van der Waals surface area (Å²) in [6.45, 7) is 28.3. The number of ether oxygens (including phenoxy) is 10. The molecule has 4 fully saturated rings. The Morgan fingerprint density at radius 1 is 0.372 bits per heavy atom. The maximum Gasteiger partial charge on any atom is 0.339 e. The number of aromatic carboxylic acids is 1. The molecule has 4 atom stereocenters. The Hall–Kier alpha value is -8.16. The summed E-state index contributed by atoms with van der Waals surface area (Å²) in [7, 11) is 0. The number of anilines is 4. The number of nitrogens with zero attached hydrogens (tertiary/aromatic N) is 4. The molecule has 680 valence electrons. The summed E-state index contributed by atoms with van der Waals surface area (Å²) in [5.74, 6) is -2.18. The van der Waals surface area contributed by atoms with E-state index in [2.05, 4.69) is 35.6 Å². The van der Waals surface area contributed by atoms with Crippen LogP contribution in [0.3, 0.4) is 0 Å². The van der Waals surface area contributed by atoms with Crippen molar-refractivity contribution in [2.75, 3.05) is 194 Å². The van der Waals surface area contributed by atoms with E-state index in [4.69, 9.17) is 138 Å². The fourth-order valence-corrected chi connectivity index (χ4v) is 13.7. The molecule has 16 N–H and O–H groups in total. The van der Waals surface area contributed by atoms with Gasteiger partial charge in [0.2, 0.25) is 0 Å². The molecular weight excluding hydrogens is 1650 g/mol. The Morgan fingerprint density at radius 2 is 0.628 bits per heavy atom. The minimum Gasteiger partial charge on any atom is -0.493 e. The second-order valence-electron chi connectivity index (χ2n) is 28.7. The number of carboxylic acid groups (broad SMARTS) is 3. The Bertz CT molecular complexity index is 3690. The Kier molecular flexibility index (Phi) is 52.5. The van der Waals surface area contributed by atoms with Gasteiger partial charge >= 0.3 is 29.8 Å². The molecule has 37 heteroatoms. The molecule has 0 aliphatic carbocycles.